The molecule has 0 amide bonds. The summed E-state index contributed by atoms with van der Waals surface area (Å²) in [5.74, 6) is -1.28. The third-order valence-electron chi connectivity index (χ3n) is 2.81. The van der Waals surface area contributed by atoms with Gasteiger partial charge in [-0.1, -0.05) is 12.1 Å². The van der Waals surface area contributed by atoms with E-state index in [-0.39, 0.29) is 25.1 Å². The molecule has 9 heteroatoms. The zero-order valence-corrected chi connectivity index (χ0v) is 15.6. The van der Waals surface area contributed by atoms with Crippen LogP contribution in [0.2, 0.25) is 0 Å². The van der Waals surface area contributed by atoms with E-state index in [4.69, 9.17) is 0 Å². The molecular formula is C14H10Br2FNO4S. The lowest BCUT2D eigenvalue weighted by Crippen LogP contribution is -2.17. The first kappa shape index (κ1) is 17.9. The Balaban J connectivity index is 2.51. The second-order valence-corrected chi connectivity index (χ2v) is 7.67. The molecule has 0 saturated carbocycles. The lowest BCUT2D eigenvalue weighted by molar-refractivity contribution is 0.0602. The van der Waals surface area contributed by atoms with Gasteiger partial charge >= 0.3 is 5.97 Å². The fourth-order valence-electron chi connectivity index (χ4n) is 1.84. The summed E-state index contributed by atoms with van der Waals surface area (Å²) in [6.45, 7) is 0. The number of carbonyl (C=O) groups excluding carboxylic acids is 1. The number of sulfonamides is 1. The molecule has 2 rings (SSSR count). The molecule has 5 nitrogen and oxygen atoms in total. The number of nitrogens with one attached hydrogen (secondary N) is 1. The maximum atomic E-state index is 13.3. The highest BCUT2D eigenvalue weighted by molar-refractivity contribution is 9.11. The highest BCUT2D eigenvalue weighted by Crippen LogP contribution is 2.33. The molecule has 23 heavy (non-hydrogen) atoms. The first-order chi connectivity index (χ1) is 10.8. The molecule has 0 saturated heterocycles. The Bertz CT molecular complexity index is 848. The molecule has 0 aliphatic rings. The minimum absolute atomic E-state index is 0.0485. The van der Waals surface area contributed by atoms with Gasteiger partial charge in [-0.3, -0.25) is 4.72 Å². The van der Waals surface area contributed by atoms with Crippen molar-refractivity contribution in [1.82, 2.24) is 0 Å². The summed E-state index contributed by atoms with van der Waals surface area (Å²) in [5, 5.41) is 0. The average molecular weight is 467 g/mol. The smallest absolute Gasteiger partial charge is 0.339 e. The van der Waals surface area contributed by atoms with Crippen molar-refractivity contribution in [2.24, 2.45) is 0 Å². The number of ether oxygens (including phenoxy) is 1. The minimum Gasteiger partial charge on any atom is -0.465 e. The fourth-order valence-corrected chi connectivity index (χ4v) is 5.45. The van der Waals surface area contributed by atoms with E-state index >= 15 is 0 Å². The molecule has 0 aliphatic heterocycles. The van der Waals surface area contributed by atoms with E-state index in [9.17, 15) is 17.6 Å². The van der Waals surface area contributed by atoms with Gasteiger partial charge < -0.3 is 4.74 Å². The number of halogens is 3. The maximum Gasteiger partial charge on any atom is 0.339 e. The highest BCUT2D eigenvalue weighted by Gasteiger charge is 2.24. The number of carbonyl (C=O) groups is 1. The summed E-state index contributed by atoms with van der Waals surface area (Å²) < 4.78 is 45.5. The number of benzene rings is 2. The van der Waals surface area contributed by atoms with Crippen molar-refractivity contribution in [1.29, 1.82) is 0 Å². The van der Waals surface area contributed by atoms with Gasteiger partial charge in [0.25, 0.3) is 10.0 Å². The standard InChI is InChI=1S/C14H10Br2FNO4S/c1-22-14(19)9-4-2-3-5-12(9)18-23(20,21)13-10(15)6-8(17)7-11(13)16/h2-7,18H,1H3. The Hall–Kier alpha value is -1.45. The van der Waals surface area contributed by atoms with Crippen LogP contribution in [0.3, 0.4) is 0 Å². The predicted octanol–water partition coefficient (Wildman–Crippen LogP) is 3.94. The van der Waals surface area contributed by atoms with Crippen molar-refractivity contribution in [2.75, 3.05) is 11.8 Å². The third kappa shape index (κ3) is 3.91. The number of rotatable bonds is 4. The summed E-state index contributed by atoms with van der Waals surface area (Å²) >= 11 is 6.05. The van der Waals surface area contributed by atoms with Gasteiger partial charge in [0.05, 0.1) is 18.4 Å². The topological polar surface area (TPSA) is 72.5 Å². The van der Waals surface area contributed by atoms with Gasteiger partial charge in [0.2, 0.25) is 0 Å². The van der Waals surface area contributed by atoms with E-state index in [1.165, 1.54) is 19.2 Å². The quantitative estimate of drug-likeness (QED) is 0.692. The third-order valence-corrected chi connectivity index (χ3v) is 6.05. The number of methoxy groups -OCH3 is 1. The second-order valence-electron chi connectivity index (χ2n) is 4.34. The minimum atomic E-state index is -4.07. The Morgan fingerprint density at radius 3 is 2.30 bits per heavy atom. The van der Waals surface area contributed by atoms with Gasteiger partial charge in [0.15, 0.2) is 0 Å². The van der Waals surface area contributed by atoms with E-state index in [1.807, 2.05) is 0 Å². The molecule has 0 aromatic heterocycles. The summed E-state index contributed by atoms with van der Waals surface area (Å²) in [6, 6.07) is 8.07. The lowest BCUT2D eigenvalue weighted by atomic mass is 10.2. The monoisotopic (exact) mass is 465 g/mol. The number of hydrogen-bond acceptors (Lipinski definition) is 4. The molecule has 122 valence electrons. The normalized spacial score (nSPS) is 11.1. The average Bonchev–Trinajstić information content (AvgIpc) is 2.45. The molecule has 0 spiro atoms. The Labute approximate surface area is 149 Å². The molecule has 0 radical (unpaired) electrons. The van der Waals surface area contributed by atoms with Crippen molar-refractivity contribution in [3.05, 3.63) is 56.7 Å². The van der Waals surface area contributed by atoms with Crippen molar-refractivity contribution < 1.29 is 22.3 Å². The molecule has 0 unspecified atom stereocenters. The van der Waals surface area contributed by atoms with Crippen LogP contribution < -0.4 is 4.72 Å². The zero-order chi connectivity index (χ0) is 17.2. The highest BCUT2D eigenvalue weighted by atomic mass is 79.9. The van der Waals surface area contributed by atoms with Crippen LogP contribution in [0.5, 0.6) is 0 Å². The molecule has 2 aromatic rings. The van der Waals surface area contributed by atoms with Crippen molar-refractivity contribution in [3.8, 4) is 0 Å². The molecular weight excluding hydrogens is 457 g/mol. The predicted molar refractivity (Wildman–Crippen MR) is 90.4 cm³/mol. The zero-order valence-electron chi connectivity index (χ0n) is 11.6. The molecule has 0 heterocycles. The van der Waals surface area contributed by atoms with Crippen LogP contribution in [-0.2, 0) is 14.8 Å². The van der Waals surface area contributed by atoms with Crippen molar-refractivity contribution >= 4 is 53.5 Å². The summed E-state index contributed by atoms with van der Waals surface area (Å²) in [6.07, 6.45) is 0. The SMILES string of the molecule is COC(=O)c1ccccc1NS(=O)(=O)c1c(Br)cc(F)cc1Br. The Morgan fingerprint density at radius 1 is 1.17 bits per heavy atom. The van der Waals surface area contributed by atoms with E-state index in [2.05, 4.69) is 41.3 Å². The second kappa shape index (κ2) is 6.98. The van der Waals surface area contributed by atoms with Crippen LogP contribution in [0.15, 0.2) is 50.2 Å². The number of esters is 1. The number of para-hydroxylation sites is 1. The maximum absolute atomic E-state index is 13.3. The van der Waals surface area contributed by atoms with E-state index in [0.717, 1.165) is 12.1 Å². The number of anilines is 1. The molecule has 1 N–H and O–H groups in total. The van der Waals surface area contributed by atoms with Crippen LogP contribution in [0, 0.1) is 5.82 Å². The van der Waals surface area contributed by atoms with Crippen LogP contribution in [-0.4, -0.2) is 21.5 Å². The van der Waals surface area contributed by atoms with Gasteiger partial charge in [-0.05, 0) is 56.1 Å². The molecule has 0 atom stereocenters. The largest absolute Gasteiger partial charge is 0.465 e. The van der Waals surface area contributed by atoms with Crippen molar-refractivity contribution in [3.63, 3.8) is 0 Å². The van der Waals surface area contributed by atoms with Crippen molar-refractivity contribution in [2.45, 2.75) is 4.90 Å². The summed E-state index contributed by atoms with van der Waals surface area (Å²) in [4.78, 5) is 11.5. The van der Waals surface area contributed by atoms with E-state index in [0.29, 0.717) is 0 Å². The summed E-state index contributed by atoms with van der Waals surface area (Å²) in [5.41, 5.74) is 0.121. The van der Waals surface area contributed by atoms with Crippen LogP contribution in [0.4, 0.5) is 10.1 Å². The molecule has 0 bridgehead atoms. The van der Waals surface area contributed by atoms with Gasteiger partial charge in [-0.15, -0.1) is 0 Å². The van der Waals surface area contributed by atoms with Gasteiger partial charge in [0, 0.05) is 8.95 Å². The Morgan fingerprint density at radius 2 is 1.74 bits per heavy atom. The Kier molecular flexibility index (Phi) is 5.43. The molecule has 2 aromatic carbocycles. The molecule has 0 fully saturated rings. The summed E-state index contributed by atoms with van der Waals surface area (Å²) in [7, 11) is -2.88. The number of hydrogen-bond donors (Lipinski definition) is 1. The van der Waals surface area contributed by atoms with E-state index < -0.39 is 21.8 Å². The van der Waals surface area contributed by atoms with Gasteiger partial charge in [0.1, 0.15) is 10.7 Å². The molecule has 0 aliphatic carbocycles. The fraction of sp³-hybridized carbons (Fsp3) is 0.0714. The lowest BCUT2D eigenvalue weighted by Gasteiger charge is -2.13. The van der Waals surface area contributed by atoms with Gasteiger partial charge in [-0.25, -0.2) is 17.6 Å². The van der Waals surface area contributed by atoms with E-state index in [1.54, 1.807) is 12.1 Å². The van der Waals surface area contributed by atoms with Crippen LogP contribution in [0.25, 0.3) is 0 Å². The van der Waals surface area contributed by atoms with Gasteiger partial charge in [-0.2, -0.15) is 0 Å². The van der Waals surface area contributed by atoms with Crippen LogP contribution in [0.1, 0.15) is 10.4 Å². The first-order valence-corrected chi connectivity index (χ1v) is 9.18. The van der Waals surface area contributed by atoms with Crippen LogP contribution >= 0.6 is 31.9 Å². The first-order valence-electron chi connectivity index (χ1n) is 6.11.